The molecule has 1 unspecified atom stereocenters. The number of hydrogen-bond donors (Lipinski definition) is 2. The molecule has 90 valence electrons. The van der Waals surface area contributed by atoms with Crippen LogP contribution in [0.1, 0.15) is 24.5 Å². The third-order valence-corrected chi connectivity index (χ3v) is 2.57. The minimum Gasteiger partial charge on any atom is -0.464 e. The Hall–Kier alpha value is -1.97. The lowest BCUT2D eigenvalue weighted by Gasteiger charge is -2.14. The Morgan fingerprint density at radius 1 is 1.29 bits per heavy atom. The summed E-state index contributed by atoms with van der Waals surface area (Å²) in [6.07, 6.45) is 0. The monoisotopic (exact) mass is 234 g/mol. The van der Waals surface area contributed by atoms with Gasteiger partial charge in [0.15, 0.2) is 0 Å². The molecule has 17 heavy (non-hydrogen) atoms. The van der Waals surface area contributed by atoms with Gasteiger partial charge in [-0.3, -0.25) is 0 Å². The second-order valence-corrected chi connectivity index (χ2v) is 4.05. The average molecular weight is 234 g/mol. The number of hydrogen-bond acceptors (Lipinski definition) is 3. The Balaban J connectivity index is 2.15. The maximum Gasteiger partial charge on any atom is 0.126 e. The number of rotatable bonds is 3. The molecule has 4 heteroatoms. The Morgan fingerprint density at radius 3 is 2.65 bits per heavy atom. The number of nitrogen functional groups attached to an aromatic ring is 1. The second-order valence-electron chi connectivity index (χ2n) is 4.05. The van der Waals surface area contributed by atoms with Gasteiger partial charge in [-0.15, -0.1) is 0 Å². The molecule has 2 rings (SSSR count). The molecule has 3 N–H and O–H groups in total. The summed E-state index contributed by atoms with van der Waals surface area (Å²) >= 11 is 0. The zero-order chi connectivity index (χ0) is 12.4. The van der Waals surface area contributed by atoms with Crippen molar-refractivity contribution in [2.75, 3.05) is 11.1 Å². The van der Waals surface area contributed by atoms with Crippen molar-refractivity contribution in [3.05, 3.63) is 47.7 Å². The zero-order valence-corrected chi connectivity index (χ0v) is 9.83. The normalized spacial score (nSPS) is 12.4. The first-order valence-corrected chi connectivity index (χ1v) is 5.44. The fourth-order valence-corrected chi connectivity index (χ4v) is 1.66. The lowest BCUT2D eigenvalue weighted by atomic mass is 10.2. The topological polar surface area (TPSA) is 51.2 Å². The van der Waals surface area contributed by atoms with E-state index in [2.05, 4.69) is 5.32 Å². The van der Waals surface area contributed by atoms with E-state index in [1.807, 2.05) is 26.0 Å². The molecule has 0 saturated carbocycles. The number of furan rings is 1. The predicted octanol–water partition coefficient (Wildman–Crippen LogP) is 3.48. The van der Waals surface area contributed by atoms with Crippen molar-refractivity contribution in [2.24, 2.45) is 0 Å². The van der Waals surface area contributed by atoms with Crippen molar-refractivity contribution in [3.8, 4) is 0 Å². The summed E-state index contributed by atoms with van der Waals surface area (Å²) in [5, 5.41) is 3.18. The number of benzene rings is 1. The molecule has 0 spiro atoms. The summed E-state index contributed by atoms with van der Waals surface area (Å²) in [4.78, 5) is 0. The van der Waals surface area contributed by atoms with Crippen molar-refractivity contribution < 1.29 is 8.81 Å². The Bertz CT molecular complexity index is 522. The van der Waals surface area contributed by atoms with Crippen molar-refractivity contribution in [2.45, 2.75) is 19.9 Å². The van der Waals surface area contributed by atoms with Gasteiger partial charge in [-0.05, 0) is 44.2 Å². The summed E-state index contributed by atoms with van der Waals surface area (Å²) in [6, 6.07) is 8.09. The first kappa shape index (κ1) is 11.5. The summed E-state index contributed by atoms with van der Waals surface area (Å²) in [5.74, 6) is 1.35. The maximum absolute atomic E-state index is 12.9. The predicted molar refractivity (Wildman–Crippen MR) is 66.3 cm³/mol. The lowest BCUT2D eigenvalue weighted by Crippen LogP contribution is -2.07. The molecule has 0 saturated heterocycles. The van der Waals surface area contributed by atoms with Gasteiger partial charge in [-0.1, -0.05) is 0 Å². The Kier molecular flexibility index (Phi) is 3.04. The standard InChI is InChI=1S/C13H15FN2O/c1-8-3-6-13(17-8)9(2)16-12-5-4-10(14)7-11(12)15/h3-7,9,16H,15H2,1-2H3. The van der Waals surface area contributed by atoms with Crippen LogP contribution in [0, 0.1) is 12.7 Å². The number of aryl methyl sites for hydroxylation is 1. The molecule has 0 aliphatic rings. The van der Waals surface area contributed by atoms with E-state index in [0.29, 0.717) is 11.4 Å². The molecular weight excluding hydrogens is 219 g/mol. The SMILES string of the molecule is Cc1ccc(C(C)Nc2ccc(F)cc2N)o1. The van der Waals surface area contributed by atoms with E-state index in [0.717, 1.165) is 11.5 Å². The molecule has 0 amide bonds. The van der Waals surface area contributed by atoms with Crippen LogP contribution in [0.5, 0.6) is 0 Å². The Labute approximate surface area is 99.4 Å². The lowest BCUT2D eigenvalue weighted by molar-refractivity contribution is 0.467. The van der Waals surface area contributed by atoms with Gasteiger partial charge >= 0.3 is 0 Å². The van der Waals surface area contributed by atoms with E-state index in [1.54, 1.807) is 6.07 Å². The van der Waals surface area contributed by atoms with Crippen LogP contribution in [0.25, 0.3) is 0 Å². The van der Waals surface area contributed by atoms with Crippen molar-refractivity contribution in [1.29, 1.82) is 0 Å². The van der Waals surface area contributed by atoms with Crippen molar-refractivity contribution >= 4 is 11.4 Å². The van der Waals surface area contributed by atoms with Crippen molar-refractivity contribution in [3.63, 3.8) is 0 Å². The molecular formula is C13H15FN2O. The maximum atomic E-state index is 12.9. The van der Waals surface area contributed by atoms with Crippen LogP contribution < -0.4 is 11.1 Å². The van der Waals surface area contributed by atoms with E-state index < -0.39 is 0 Å². The van der Waals surface area contributed by atoms with E-state index in [1.165, 1.54) is 12.1 Å². The van der Waals surface area contributed by atoms with Gasteiger partial charge in [-0.25, -0.2) is 4.39 Å². The number of nitrogens with one attached hydrogen (secondary N) is 1. The number of halogens is 1. The van der Waals surface area contributed by atoms with Crippen molar-refractivity contribution in [1.82, 2.24) is 0 Å². The van der Waals surface area contributed by atoms with Crippen LogP contribution in [0.3, 0.4) is 0 Å². The second kappa shape index (κ2) is 4.49. The van der Waals surface area contributed by atoms with Gasteiger partial charge in [0.2, 0.25) is 0 Å². The molecule has 1 aromatic carbocycles. The molecule has 1 atom stereocenters. The molecule has 3 nitrogen and oxygen atoms in total. The largest absolute Gasteiger partial charge is 0.464 e. The molecule has 0 aliphatic carbocycles. The highest BCUT2D eigenvalue weighted by Gasteiger charge is 2.10. The van der Waals surface area contributed by atoms with Gasteiger partial charge in [0.25, 0.3) is 0 Å². The number of anilines is 2. The van der Waals surface area contributed by atoms with Crippen LogP contribution in [0.2, 0.25) is 0 Å². The van der Waals surface area contributed by atoms with E-state index in [4.69, 9.17) is 10.2 Å². The first-order chi connectivity index (χ1) is 8.06. The molecule has 0 bridgehead atoms. The molecule has 0 radical (unpaired) electrons. The van der Waals surface area contributed by atoms with E-state index in [9.17, 15) is 4.39 Å². The highest BCUT2D eigenvalue weighted by atomic mass is 19.1. The minimum atomic E-state index is -0.338. The summed E-state index contributed by atoms with van der Waals surface area (Å²) in [5.41, 5.74) is 6.81. The third kappa shape index (κ3) is 2.58. The van der Waals surface area contributed by atoms with Crippen LogP contribution in [-0.2, 0) is 0 Å². The molecule has 1 heterocycles. The fourth-order valence-electron chi connectivity index (χ4n) is 1.66. The van der Waals surface area contributed by atoms with Crippen LogP contribution in [-0.4, -0.2) is 0 Å². The van der Waals surface area contributed by atoms with Gasteiger partial charge < -0.3 is 15.5 Å². The smallest absolute Gasteiger partial charge is 0.126 e. The molecule has 1 aromatic heterocycles. The first-order valence-electron chi connectivity index (χ1n) is 5.44. The van der Waals surface area contributed by atoms with Crippen LogP contribution >= 0.6 is 0 Å². The van der Waals surface area contributed by atoms with Gasteiger partial charge in [-0.2, -0.15) is 0 Å². The minimum absolute atomic E-state index is 0.0172. The fraction of sp³-hybridized carbons (Fsp3) is 0.231. The summed E-state index contributed by atoms with van der Waals surface area (Å²) < 4.78 is 18.4. The molecule has 0 fully saturated rings. The summed E-state index contributed by atoms with van der Waals surface area (Å²) in [7, 11) is 0. The van der Waals surface area contributed by atoms with Gasteiger partial charge in [0, 0.05) is 0 Å². The number of nitrogens with two attached hydrogens (primary N) is 1. The highest BCUT2D eigenvalue weighted by molar-refractivity contribution is 5.66. The van der Waals surface area contributed by atoms with E-state index in [-0.39, 0.29) is 11.9 Å². The quantitative estimate of drug-likeness (QED) is 0.799. The average Bonchev–Trinajstić information content (AvgIpc) is 2.69. The third-order valence-electron chi connectivity index (χ3n) is 2.57. The molecule has 2 aromatic rings. The highest BCUT2D eigenvalue weighted by Crippen LogP contribution is 2.25. The Morgan fingerprint density at radius 2 is 2.06 bits per heavy atom. The summed E-state index contributed by atoms with van der Waals surface area (Å²) in [6.45, 7) is 3.85. The van der Waals surface area contributed by atoms with E-state index >= 15 is 0 Å². The van der Waals surface area contributed by atoms with Gasteiger partial charge in [0.05, 0.1) is 17.4 Å². The van der Waals surface area contributed by atoms with Crippen LogP contribution in [0.4, 0.5) is 15.8 Å². The van der Waals surface area contributed by atoms with Crippen LogP contribution in [0.15, 0.2) is 34.7 Å². The zero-order valence-electron chi connectivity index (χ0n) is 9.83. The molecule has 0 aliphatic heterocycles. The van der Waals surface area contributed by atoms with Gasteiger partial charge in [0.1, 0.15) is 17.3 Å².